The number of aliphatic carboxylic acids is 1. The van der Waals surface area contributed by atoms with Gasteiger partial charge in [0, 0.05) is 31.7 Å². The third-order valence-electron chi connectivity index (χ3n) is 7.50. The van der Waals surface area contributed by atoms with Crippen molar-refractivity contribution in [2.24, 2.45) is 0 Å². The van der Waals surface area contributed by atoms with Crippen molar-refractivity contribution in [3.63, 3.8) is 0 Å². The molecule has 2 aliphatic heterocycles. The van der Waals surface area contributed by atoms with Gasteiger partial charge in [-0.05, 0) is 105 Å². The SMILES string of the molecule is Cc1c2c(c(C)c([C@H](OC(C)(C)C)C(=O)O)c1CC(=O)N1CCCCC1)CN(C(=O)c1cccc(F)c1)C2. The quantitative estimate of drug-likeness (QED) is 0.569. The normalized spacial score (nSPS) is 16.4. The number of likely N-dealkylation sites (tertiary alicyclic amines) is 1. The predicted molar refractivity (Wildman–Crippen MR) is 141 cm³/mol. The van der Waals surface area contributed by atoms with E-state index >= 15 is 0 Å². The van der Waals surface area contributed by atoms with Crippen LogP contribution in [-0.2, 0) is 33.8 Å². The number of benzene rings is 2. The average molecular weight is 525 g/mol. The van der Waals surface area contributed by atoms with Gasteiger partial charge in [-0.25, -0.2) is 9.18 Å². The van der Waals surface area contributed by atoms with Crippen LogP contribution in [0.2, 0.25) is 0 Å². The summed E-state index contributed by atoms with van der Waals surface area (Å²) in [5, 5.41) is 10.3. The summed E-state index contributed by atoms with van der Waals surface area (Å²) in [6.45, 7) is 11.1. The Morgan fingerprint density at radius 3 is 2.21 bits per heavy atom. The van der Waals surface area contributed by atoms with Crippen molar-refractivity contribution < 1.29 is 28.6 Å². The van der Waals surface area contributed by atoms with Gasteiger partial charge in [-0.15, -0.1) is 0 Å². The number of ether oxygens (including phenoxy) is 1. The highest BCUT2D eigenvalue weighted by molar-refractivity contribution is 5.94. The minimum absolute atomic E-state index is 0.0287. The number of carbonyl (C=O) groups excluding carboxylic acids is 2. The average Bonchev–Trinajstić information content (AvgIpc) is 3.32. The van der Waals surface area contributed by atoms with Crippen LogP contribution < -0.4 is 0 Å². The zero-order valence-electron chi connectivity index (χ0n) is 22.9. The standard InChI is InChI=1S/C30H37FN2O5/c1-18-22(15-25(34)32-12-7-6-8-13-32)26(27(29(36)37)38-30(3,4)5)19(2)24-17-33(16-23(18)24)28(35)20-10-9-11-21(31)14-20/h9-11,14,27H,6-8,12-13,15-17H2,1-5H3,(H,36,37)/t27-/m0/s1. The second kappa shape index (κ2) is 10.8. The first-order valence-corrected chi connectivity index (χ1v) is 13.2. The lowest BCUT2D eigenvalue weighted by Gasteiger charge is -2.31. The number of piperidine rings is 1. The third-order valence-corrected chi connectivity index (χ3v) is 7.50. The molecular formula is C30H37FN2O5. The van der Waals surface area contributed by atoms with Crippen LogP contribution in [0.5, 0.6) is 0 Å². The van der Waals surface area contributed by atoms with Gasteiger partial charge in [0.25, 0.3) is 5.91 Å². The molecule has 2 aromatic carbocycles. The van der Waals surface area contributed by atoms with Gasteiger partial charge in [-0.2, -0.15) is 0 Å². The number of amides is 2. The highest BCUT2D eigenvalue weighted by Gasteiger charge is 2.37. The minimum Gasteiger partial charge on any atom is -0.479 e. The number of carbonyl (C=O) groups is 3. The first-order chi connectivity index (χ1) is 17.9. The Kier molecular flexibility index (Phi) is 7.93. The molecule has 0 spiro atoms. The summed E-state index contributed by atoms with van der Waals surface area (Å²) in [7, 11) is 0. The molecule has 0 bridgehead atoms. The molecule has 7 nitrogen and oxygen atoms in total. The summed E-state index contributed by atoms with van der Waals surface area (Å²) in [4.78, 5) is 42.7. The Hall–Kier alpha value is -3.26. The summed E-state index contributed by atoms with van der Waals surface area (Å²) < 4.78 is 19.9. The van der Waals surface area contributed by atoms with E-state index in [2.05, 4.69) is 0 Å². The molecular weight excluding hydrogens is 487 g/mol. The lowest BCUT2D eigenvalue weighted by molar-refractivity contribution is -0.160. The molecule has 0 aromatic heterocycles. The van der Waals surface area contributed by atoms with Gasteiger partial charge in [0.05, 0.1) is 12.0 Å². The van der Waals surface area contributed by atoms with Crippen LogP contribution in [0.4, 0.5) is 4.39 Å². The van der Waals surface area contributed by atoms with Crippen molar-refractivity contribution in [3.8, 4) is 0 Å². The zero-order valence-corrected chi connectivity index (χ0v) is 22.9. The van der Waals surface area contributed by atoms with E-state index in [1.165, 1.54) is 18.2 Å². The highest BCUT2D eigenvalue weighted by Crippen LogP contribution is 2.40. The van der Waals surface area contributed by atoms with E-state index in [-0.39, 0.29) is 30.3 Å². The fourth-order valence-corrected chi connectivity index (χ4v) is 5.61. The van der Waals surface area contributed by atoms with Gasteiger partial charge in [0.15, 0.2) is 6.10 Å². The Bertz CT molecular complexity index is 1260. The summed E-state index contributed by atoms with van der Waals surface area (Å²) in [6, 6.07) is 5.60. The van der Waals surface area contributed by atoms with Crippen molar-refractivity contribution in [1.82, 2.24) is 9.80 Å². The minimum atomic E-state index is -1.27. The number of carboxylic acids is 1. The van der Waals surface area contributed by atoms with E-state index in [1.807, 2.05) is 18.7 Å². The first kappa shape index (κ1) is 27.8. The van der Waals surface area contributed by atoms with Crippen LogP contribution in [0.15, 0.2) is 24.3 Å². The number of fused-ring (bicyclic) bond motifs is 1. The van der Waals surface area contributed by atoms with Gasteiger partial charge < -0.3 is 19.6 Å². The van der Waals surface area contributed by atoms with Crippen molar-refractivity contribution in [2.75, 3.05) is 13.1 Å². The van der Waals surface area contributed by atoms with Crippen molar-refractivity contribution >= 4 is 17.8 Å². The number of hydrogen-bond acceptors (Lipinski definition) is 4. The topological polar surface area (TPSA) is 87.2 Å². The number of halogens is 1. The zero-order chi connectivity index (χ0) is 27.8. The second-order valence-electron chi connectivity index (χ2n) is 11.3. The first-order valence-electron chi connectivity index (χ1n) is 13.2. The molecule has 4 rings (SSSR count). The molecule has 2 aromatic rings. The number of nitrogens with zero attached hydrogens (tertiary/aromatic N) is 2. The molecule has 8 heteroatoms. The number of carboxylic acid groups (broad SMARTS) is 1. The van der Waals surface area contributed by atoms with Crippen LogP contribution in [0, 0.1) is 19.7 Å². The molecule has 1 fully saturated rings. The number of hydrogen-bond donors (Lipinski definition) is 1. The van der Waals surface area contributed by atoms with Crippen molar-refractivity contribution in [2.45, 2.75) is 85.1 Å². The monoisotopic (exact) mass is 524 g/mol. The Balaban J connectivity index is 1.79. The fraction of sp³-hybridized carbons (Fsp3) is 0.500. The molecule has 0 aliphatic carbocycles. The molecule has 1 saturated heterocycles. The smallest absolute Gasteiger partial charge is 0.337 e. The third kappa shape index (κ3) is 5.75. The molecule has 204 valence electrons. The predicted octanol–water partition coefficient (Wildman–Crippen LogP) is 5.09. The lowest BCUT2D eigenvalue weighted by Crippen LogP contribution is -2.37. The van der Waals surface area contributed by atoms with Gasteiger partial charge >= 0.3 is 5.97 Å². The van der Waals surface area contributed by atoms with Crippen molar-refractivity contribution in [3.05, 3.63) is 69.0 Å². The van der Waals surface area contributed by atoms with Crippen molar-refractivity contribution in [1.29, 1.82) is 0 Å². The van der Waals surface area contributed by atoms with E-state index in [9.17, 15) is 23.9 Å². The Labute approximate surface area is 223 Å². The van der Waals surface area contributed by atoms with Crippen LogP contribution in [0.1, 0.15) is 89.9 Å². The number of rotatable bonds is 6. The largest absolute Gasteiger partial charge is 0.479 e. The Morgan fingerprint density at radius 1 is 1.00 bits per heavy atom. The van der Waals surface area contributed by atoms with E-state index in [0.717, 1.165) is 41.5 Å². The van der Waals surface area contributed by atoms with Crippen LogP contribution in [0.25, 0.3) is 0 Å². The highest BCUT2D eigenvalue weighted by atomic mass is 19.1. The van der Waals surface area contributed by atoms with Gasteiger partial charge in [0.2, 0.25) is 5.91 Å². The lowest BCUT2D eigenvalue weighted by atomic mass is 9.84. The van der Waals surface area contributed by atoms with E-state index in [1.54, 1.807) is 31.7 Å². The molecule has 0 radical (unpaired) electrons. The maximum Gasteiger partial charge on any atom is 0.337 e. The van der Waals surface area contributed by atoms with Crippen LogP contribution >= 0.6 is 0 Å². The van der Waals surface area contributed by atoms with E-state index < -0.39 is 23.5 Å². The summed E-state index contributed by atoms with van der Waals surface area (Å²) in [5.41, 5.74) is 3.98. The maximum absolute atomic E-state index is 13.8. The molecule has 0 unspecified atom stereocenters. The molecule has 0 saturated carbocycles. The summed E-state index contributed by atoms with van der Waals surface area (Å²) in [6.07, 6.45) is 1.83. The van der Waals surface area contributed by atoms with E-state index in [0.29, 0.717) is 30.8 Å². The fourth-order valence-electron chi connectivity index (χ4n) is 5.61. The van der Waals surface area contributed by atoms with Gasteiger partial charge in [-0.3, -0.25) is 9.59 Å². The van der Waals surface area contributed by atoms with Gasteiger partial charge in [0.1, 0.15) is 5.82 Å². The van der Waals surface area contributed by atoms with Crippen LogP contribution in [-0.4, -0.2) is 51.4 Å². The summed E-state index contributed by atoms with van der Waals surface area (Å²) in [5.74, 6) is -1.93. The molecule has 38 heavy (non-hydrogen) atoms. The summed E-state index contributed by atoms with van der Waals surface area (Å²) >= 11 is 0. The second-order valence-corrected chi connectivity index (χ2v) is 11.3. The Morgan fingerprint density at radius 2 is 1.63 bits per heavy atom. The molecule has 1 N–H and O–H groups in total. The van der Waals surface area contributed by atoms with E-state index in [4.69, 9.17) is 4.74 Å². The molecule has 2 amide bonds. The van der Waals surface area contributed by atoms with Gasteiger partial charge in [-0.1, -0.05) is 6.07 Å². The molecule has 2 aliphatic rings. The van der Waals surface area contributed by atoms with Crippen LogP contribution in [0.3, 0.4) is 0 Å². The molecule has 2 heterocycles. The maximum atomic E-state index is 13.8. The molecule has 1 atom stereocenters.